The molecule has 0 aliphatic rings. The van der Waals surface area contributed by atoms with Gasteiger partial charge < -0.3 is 10.2 Å². The molecule has 0 saturated carbocycles. The van der Waals surface area contributed by atoms with Gasteiger partial charge in [0.2, 0.25) is 21.8 Å². The third-order valence-electron chi connectivity index (χ3n) is 5.31. The summed E-state index contributed by atoms with van der Waals surface area (Å²) >= 11 is 0. The van der Waals surface area contributed by atoms with E-state index in [0.29, 0.717) is 12.1 Å². The molecule has 0 heterocycles. The minimum atomic E-state index is -3.74. The van der Waals surface area contributed by atoms with Crippen LogP contribution in [0.2, 0.25) is 0 Å². The number of rotatable bonds is 10. The molecule has 7 nitrogen and oxygen atoms in total. The fourth-order valence-corrected chi connectivity index (χ4v) is 4.67. The number of amides is 2. The van der Waals surface area contributed by atoms with Gasteiger partial charge in [0.25, 0.3) is 0 Å². The average molecular weight is 474 g/mol. The van der Waals surface area contributed by atoms with Crippen molar-refractivity contribution in [1.29, 1.82) is 0 Å². The van der Waals surface area contributed by atoms with Crippen molar-refractivity contribution < 1.29 is 18.0 Å². The molecule has 2 rings (SSSR count). The van der Waals surface area contributed by atoms with Gasteiger partial charge in [0.1, 0.15) is 12.6 Å². The molecule has 0 saturated heterocycles. The first-order chi connectivity index (χ1) is 15.4. The Balaban J connectivity index is 2.45. The fraction of sp³-hybridized carbons (Fsp3) is 0.440. The standard InChI is InChI=1S/C25H35N3O4S/c1-7-22(25(30)26-18(2)3)27(16-21-11-9-8-10-12-21)24(29)17-28(33(6,31)32)23-14-13-19(4)15-20(23)5/h8-15,18,22H,7,16-17H2,1-6H3,(H,26,30)/t22-/m0/s1. The van der Waals surface area contributed by atoms with Gasteiger partial charge in [-0.1, -0.05) is 55.0 Å². The highest BCUT2D eigenvalue weighted by molar-refractivity contribution is 7.92. The van der Waals surface area contributed by atoms with Crippen LogP contribution in [0.1, 0.15) is 43.9 Å². The van der Waals surface area contributed by atoms with Crippen LogP contribution in [-0.2, 0) is 26.2 Å². The monoisotopic (exact) mass is 473 g/mol. The lowest BCUT2D eigenvalue weighted by molar-refractivity contribution is -0.140. The summed E-state index contributed by atoms with van der Waals surface area (Å²) in [6.07, 6.45) is 1.49. The van der Waals surface area contributed by atoms with E-state index >= 15 is 0 Å². The van der Waals surface area contributed by atoms with E-state index in [0.717, 1.165) is 27.3 Å². The van der Waals surface area contributed by atoms with Gasteiger partial charge in [-0.25, -0.2) is 8.42 Å². The molecular weight excluding hydrogens is 438 g/mol. The number of hydrogen-bond donors (Lipinski definition) is 1. The maximum Gasteiger partial charge on any atom is 0.244 e. The van der Waals surface area contributed by atoms with Gasteiger partial charge in [0, 0.05) is 12.6 Å². The Morgan fingerprint density at radius 3 is 2.18 bits per heavy atom. The highest BCUT2D eigenvalue weighted by Gasteiger charge is 2.32. The van der Waals surface area contributed by atoms with Gasteiger partial charge in [-0.05, 0) is 51.3 Å². The molecule has 0 radical (unpaired) electrons. The number of carbonyl (C=O) groups is 2. The Morgan fingerprint density at radius 2 is 1.67 bits per heavy atom. The Kier molecular flexibility index (Phi) is 9.05. The number of nitrogens with zero attached hydrogens (tertiary/aromatic N) is 2. The molecule has 8 heteroatoms. The zero-order valence-corrected chi connectivity index (χ0v) is 21.1. The molecule has 1 atom stereocenters. The van der Waals surface area contributed by atoms with Crippen molar-refractivity contribution in [2.24, 2.45) is 0 Å². The second kappa shape index (κ2) is 11.3. The molecule has 0 bridgehead atoms. The lowest BCUT2D eigenvalue weighted by Crippen LogP contribution is -2.53. The summed E-state index contributed by atoms with van der Waals surface area (Å²) in [4.78, 5) is 28.0. The first-order valence-corrected chi connectivity index (χ1v) is 13.0. The number of benzene rings is 2. The summed E-state index contributed by atoms with van der Waals surface area (Å²) in [5.74, 6) is -0.691. The topological polar surface area (TPSA) is 86.8 Å². The molecule has 33 heavy (non-hydrogen) atoms. The molecular formula is C25H35N3O4S. The SMILES string of the molecule is CC[C@@H](C(=O)NC(C)C)N(Cc1ccccc1)C(=O)CN(c1ccc(C)cc1C)S(C)(=O)=O. The molecule has 180 valence electrons. The molecule has 0 fully saturated rings. The molecule has 2 aromatic carbocycles. The van der Waals surface area contributed by atoms with Crippen molar-refractivity contribution in [2.75, 3.05) is 17.1 Å². The molecule has 0 aliphatic heterocycles. The summed E-state index contributed by atoms with van der Waals surface area (Å²) in [5.41, 5.74) is 3.07. The smallest absolute Gasteiger partial charge is 0.244 e. The van der Waals surface area contributed by atoms with Crippen molar-refractivity contribution in [1.82, 2.24) is 10.2 Å². The predicted octanol–water partition coefficient (Wildman–Crippen LogP) is 3.40. The third kappa shape index (κ3) is 7.32. The van der Waals surface area contributed by atoms with Crippen molar-refractivity contribution in [3.05, 3.63) is 65.2 Å². The van der Waals surface area contributed by atoms with Crippen molar-refractivity contribution in [3.8, 4) is 0 Å². The molecule has 2 aromatic rings. The quantitative estimate of drug-likeness (QED) is 0.573. The lowest BCUT2D eigenvalue weighted by atomic mass is 10.1. The maximum absolute atomic E-state index is 13.6. The van der Waals surface area contributed by atoms with E-state index in [2.05, 4.69) is 5.32 Å². The number of anilines is 1. The normalized spacial score (nSPS) is 12.3. The summed E-state index contributed by atoms with van der Waals surface area (Å²) in [6, 6.07) is 14.0. The Bertz CT molecular complexity index is 1070. The largest absolute Gasteiger partial charge is 0.352 e. The average Bonchev–Trinajstić information content (AvgIpc) is 2.71. The van der Waals surface area contributed by atoms with E-state index in [1.807, 2.05) is 77.1 Å². The number of carbonyl (C=O) groups excluding carboxylic acids is 2. The van der Waals surface area contributed by atoms with E-state index in [1.54, 1.807) is 6.07 Å². The van der Waals surface area contributed by atoms with Gasteiger partial charge in [0.05, 0.1) is 11.9 Å². The van der Waals surface area contributed by atoms with Gasteiger partial charge in [-0.2, -0.15) is 0 Å². The highest BCUT2D eigenvalue weighted by atomic mass is 32.2. The van der Waals surface area contributed by atoms with Crippen molar-refractivity contribution in [3.63, 3.8) is 0 Å². The minimum Gasteiger partial charge on any atom is -0.352 e. The summed E-state index contributed by atoms with van der Waals surface area (Å²) in [5, 5.41) is 2.88. The summed E-state index contributed by atoms with van der Waals surface area (Å²) in [7, 11) is -3.74. The maximum atomic E-state index is 13.6. The number of aryl methyl sites for hydroxylation is 2. The van der Waals surface area contributed by atoms with Crippen LogP contribution in [0.5, 0.6) is 0 Å². The highest BCUT2D eigenvalue weighted by Crippen LogP contribution is 2.24. The number of hydrogen-bond acceptors (Lipinski definition) is 4. The summed E-state index contributed by atoms with van der Waals surface area (Å²) < 4.78 is 26.5. The van der Waals surface area contributed by atoms with Gasteiger partial charge in [0.15, 0.2) is 0 Å². The van der Waals surface area contributed by atoms with E-state index in [1.165, 1.54) is 4.90 Å². The van der Waals surface area contributed by atoms with Crippen LogP contribution in [0, 0.1) is 13.8 Å². The van der Waals surface area contributed by atoms with Crippen LogP contribution in [0.25, 0.3) is 0 Å². The zero-order chi connectivity index (χ0) is 24.8. The van der Waals surface area contributed by atoms with Crippen LogP contribution >= 0.6 is 0 Å². The molecule has 1 N–H and O–H groups in total. The van der Waals surface area contributed by atoms with Crippen LogP contribution in [-0.4, -0.2) is 50.0 Å². The first-order valence-electron chi connectivity index (χ1n) is 11.1. The number of nitrogens with one attached hydrogen (secondary N) is 1. The van der Waals surface area contributed by atoms with E-state index in [4.69, 9.17) is 0 Å². The van der Waals surface area contributed by atoms with Crippen LogP contribution in [0.3, 0.4) is 0 Å². The fourth-order valence-electron chi connectivity index (χ4n) is 3.76. The van der Waals surface area contributed by atoms with Gasteiger partial charge in [-0.15, -0.1) is 0 Å². The second-order valence-electron chi connectivity index (χ2n) is 8.65. The molecule has 2 amide bonds. The van der Waals surface area contributed by atoms with Crippen LogP contribution < -0.4 is 9.62 Å². The molecule has 0 aromatic heterocycles. The molecule has 0 unspecified atom stereocenters. The predicted molar refractivity (Wildman–Crippen MR) is 132 cm³/mol. The van der Waals surface area contributed by atoms with Crippen LogP contribution in [0.4, 0.5) is 5.69 Å². The zero-order valence-electron chi connectivity index (χ0n) is 20.3. The van der Waals surface area contributed by atoms with Gasteiger partial charge in [-0.3, -0.25) is 13.9 Å². The van der Waals surface area contributed by atoms with Crippen LogP contribution in [0.15, 0.2) is 48.5 Å². The summed E-state index contributed by atoms with van der Waals surface area (Å²) in [6.45, 7) is 9.12. The molecule has 0 spiro atoms. The Hall–Kier alpha value is -2.87. The van der Waals surface area contributed by atoms with Crippen molar-refractivity contribution in [2.45, 2.75) is 59.7 Å². The number of sulfonamides is 1. The first kappa shape index (κ1) is 26.4. The van der Waals surface area contributed by atoms with E-state index in [-0.39, 0.29) is 25.0 Å². The minimum absolute atomic E-state index is 0.0806. The van der Waals surface area contributed by atoms with Gasteiger partial charge >= 0.3 is 0 Å². The van der Waals surface area contributed by atoms with E-state index < -0.39 is 22.0 Å². The van der Waals surface area contributed by atoms with Crippen molar-refractivity contribution >= 4 is 27.5 Å². The third-order valence-corrected chi connectivity index (χ3v) is 6.44. The second-order valence-corrected chi connectivity index (χ2v) is 10.6. The van der Waals surface area contributed by atoms with E-state index in [9.17, 15) is 18.0 Å². The Morgan fingerprint density at radius 1 is 1.03 bits per heavy atom. The lowest BCUT2D eigenvalue weighted by Gasteiger charge is -2.33. The Labute approximate surface area is 197 Å². The molecule has 0 aliphatic carbocycles.